The van der Waals surface area contributed by atoms with Gasteiger partial charge in [-0.3, -0.25) is 10.1 Å². The number of amides is 1. The average molecular weight is 246 g/mol. The van der Waals surface area contributed by atoms with Crippen molar-refractivity contribution in [2.24, 2.45) is 0 Å². The molecule has 0 radical (unpaired) electrons. The lowest BCUT2D eigenvalue weighted by Gasteiger charge is -2.19. The molecule has 0 saturated carbocycles. The Morgan fingerprint density at radius 2 is 2.06 bits per heavy atom. The third kappa shape index (κ3) is 4.26. The third-order valence-electron chi connectivity index (χ3n) is 1.77. The van der Waals surface area contributed by atoms with Gasteiger partial charge in [0.1, 0.15) is 11.3 Å². The Morgan fingerprint density at radius 1 is 1.39 bits per heavy atom. The van der Waals surface area contributed by atoms with Crippen LogP contribution in [0.1, 0.15) is 31.3 Å². The van der Waals surface area contributed by atoms with Crippen molar-refractivity contribution in [2.75, 3.05) is 5.32 Å². The molecule has 18 heavy (non-hydrogen) atoms. The summed E-state index contributed by atoms with van der Waals surface area (Å²) in [6, 6.07) is 2.97. The molecule has 94 valence electrons. The maximum absolute atomic E-state index is 11.4. The number of rotatable bonds is 2. The zero-order valence-corrected chi connectivity index (χ0v) is 10.5. The van der Waals surface area contributed by atoms with Crippen LogP contribution in [0.15, 0.2) is 18.3 Å². The molecule has 0 aromatic carbocycles. The average Bonchev–Trinajstić information content (AvgIpc) is 2.26. The second kappa shape index (κ2) is 5.32. The van der Waals surface area contributed by atoms with Crippen LogP contribution < -0.4 is 5.32 Å². The molecule has 5 heteroatoms. The van der Waals surface area contributed by atoms with Crippen molar-refractivity contribution in [1.82, 2.24) is 4.98 Å². The van der Waals surface area contributed by atoms with E-state index in [0.717, 1.165) is 0 Å². The Morgan fingerprint density at radius 3 is 2.50 bits per heavy atom. The molecule has 0 atom stereocenters. The molecular formula is C13H14N2O3. The number of ether oxygens (including phenoxy) is 1. The number of pyridine rings is 1. The van der Waals surface area contributed by atoms with E-state index in [-0.39, 0.29) is 5.69 Å². The van der Waals surface area contributed by atoms with E-state index < -0.39 is 17.5 Å². The van der Waals surface area contributed by atoms with Gasteiger partial charge in [0.25, 0.3) is 5.78 Å². The molecule has 1 aromatic heterocycles. The number of hydrogen-bond acceptors (Lipinski definition) is 4. The van der Waals surface area contributed by atoms with E-state index in [4.69, 9.17) is 11.2 Å². The molecular weight excluding hydrogens is 232 g/mol. The molecule has 1 heterocycles. The molecule has 0 aliphatic rings. The van der Waals surface area contributed by atoms with Crippen LogP contribution in [0, 0.1) is 12.3 Å². The predicted molar refractivity (Wildman–Crippen MR) is 67.3 cm³/mol. The number of Topliss-reactive ketones (excluding diaryl/α,β-unsaturated/α-hetero) is 1. The number of hydrogen-bond donors (Lipinski definition) is 1. The lowest BCUT2D eigenvalue weighted by atomic mass is 10.2. The Hall–Kier alpha value is -2.35. The molecule has 1 rings (SSSR count). The van der Waals surface area contributed by atoms with Gasteiger partial charge in [-0.1, -0.05) is 0 Å². The molecule has 1 aromatic rings. The summed E-state index contributed by atoms with van der Waals surface area (Å²) in [6.45, 7) is 5.29. The molecule has 0 spiro atoms. The molecule has 5 nitrogen and oxygen atoms in total. The first-order chi connectivity index (χ1) is 8.31. The summed E-state index contributed by atoms with van der Waals surface area (Å²) >= 11 is 0. The highest BCUT2D eigenvalue weighted by Gasteiger charge is 2.16. The molecule has 0 saturated heterocycles. The standard InChI is InChI=1S/C13H14N2O3/c1-5-11(16)10-7-6-9(8-14-10)15-12(17)18-13(2,3)4/h1,6-8H,2-4H3,(H,15,17). The van der Waals surface area contributed by atoms with Crippen molar-refractivity contribution < 1.29 is 14.3 Å². The number of nitrogens with zero attached hydrogens (tertiary/aromatic N) is 1. The van der Waals surface area contributed by atoms with Gasteiger partial charge in [-0.15, -0.1) is 6.42 Å². The van der Waals surface area contributed by atoms with Gasteiger partial charge in [-0.2, -0.15) is 0 Å². The van der Waals surface area contributed by atoms with Gasteiger partial charge in [0.15, 0.2) is 0 Å². The fourth-order valence-corrected chi connectivity index (χ4v) is 1.10. The number of terminal acetylenes is 1. The smallest absolute Gasteiger partial charge is 0.412 e. The van der Waals surface area contributed by atoms with Crippen molar-refractivity contribution >= 4 is 17.6 Å². The fourth-order valence-electron chi connectivity index (χ4n) is 1.10. The molecule has 1 amide bonds. The van der Waals surface area contributed by atoms with Crippen molar-refractivity contribution in [2.45, 2.75) is 26.4 Å². The van der Waals surface area contributed by atoms with E-state index >= 15 is 0 Å². The summed E-state index contributed by atoms with van der Waals surface area (Å²) < 4.78 is 5.06. The first-order valence-corrected chi connectivity index (χ1v) is 5.29. The van der Waals surface area contributed by atoms with Gasteiger partial charge < -0.3 is 4.74 Å². The highest BCUT2D eigenvalue weighted by molar-refractivity contribution is 6.07. The fraction of sp³-hybridized carbons (Fsp3) is 0.308. The monoisotopic (exact) mass is 246 g/mol. The summed E-state index contributed by atoms with van der Waals surface area (Å²) in [5.41, 5.74) is 0.0155. The van der Waals surface area contributed by atoms with Crippen LogP contribution in [0.4, 0.5) is 10.5 Å². The number of carbonyl (C=O) groups excluding carboxylic acids is 2. The summed E-state index contributed by atoms with van der Waals surface area (Å²) in [4.78, 5) is 26.4. The van der Waals surface area contributed by atoms with E-state index in [1.807, 2.05) is 5.92 Å². The molecule has 0 bridgehead atoms. The number of aromatic nitrogens is 1. The Balaban J connectivity index is 2.68. The lowest BCUT2D eigenvalue weighted by molar-refractivity contribution is 0.0636. The van der Waals surface area contributed by atoms with E-state index in [2.05, 4.69) is 10.3 Å². The largest absolute Gasteiger partial charge is 0.444 e. The van der Waals surface area contributed by atoms with Crippen molar-refractivity contribution in [3.8, 4) is 12.3 Å². The van der Waals surface area contributed by atoms with E-state index in [1.54, 1.807) is 20.8 Å². The lowest BCUT2D eigenvalue weighted by Crippen LogP contribution is -2.27. The van der Waals surface area contributed by atoms with E-state index in [9.17, 15) is 9.59 Å². The Bertz CT molecular complexity index is 492. The highest BCUT2D eigenvalue weighted by Crippen LogP contribution is 2.11. The second-order valence-electron chi connectivity index (χ2n) is 4.53. The molecule has 0 aliphatic heterocycles. The first-order valence-electron chi connectivity index (χ1n) is 5.29. The number of nitrogens with one attached hydrogen (secondary N) is 1. The minimum Gasteiger partial charge on any atom is -0.444 e. The van der Waals surface area contributed by atoms with Crippen molar-refractivity contribution in [3.05, 3.63) is 24.0 Å². The van der Waals surface area contributed by atoms with Gasteiger partial charge in [0.2, 0.25) is 0 Å². The maximum Gasteiger partial charge on any atom is 0.412 e. The first kappa shape index (κ1) is 13.7. The molecule has 1 N–H and O–H groups in total. The maximum atomic E-state index is 11.4. The number of anilines is 1. The van der Waals surface area contributed by atoms with Crippen LogP contribution in [0.25, 0.3) is 0 Å². The van der Waals surface area contributed by atoms with Crippen LogP contribution in [0.5, 0.6) is 0 Å². The normalized spacial score (nSPS) is 10.3. The summed E-state index contributed by atoms with van der Waals surface area (Å²) in [5, 5.41) is 2.50. The van der Waals surface area contributed by atoms with Gasteiger partial charge in [-0.05, 0) is 38.8 Å². The van der Waals surface area contributed by atoms with E-state index in [0.29, 0.717) is 5.69 Å². The molecule has 0 unspecified atom stereocenters. The summed E-state index contributed by atoms with van der Waals surface area (Å²) in [6.07, 6.45) is 5.72. The summed E-state index contributed by atoms with van der Waals surface area (Å²) in [7, 11) is 0. The minimum atomic E-state index is -0.583. The molecule has 0 fully saturated rings. The number of carbonyl (C=O) groups is 2. The predicted octanol–water partition coefficient (Wildman–Crippen LogP) is 2.24. The topological polar surface area (TPSA) is 68.3 Å². The van der Waals surface area contributed by atoms with Crippen LogP contribution in [0.3, 0.4) is 0 Å². The summed E-state index contributed by atoms with van der Waals surface area (Å²) in [5.74, 6) is 1.46. The highest BCUT2D eigenvalue weighted by atomic mass is 16.6. The second-order valence-corrected chi connectivity index (χ2v) is 4.53. The van der Waals surface area contributed by atoms with Gasteiger partial charge >= 0.3 is 6.09 Å². The zero-order chi connectivity index (χ0) is 13.8. The van der Waals surface area contributed by atoms with Crippen molar-refractivity contribution in [1.29, 1.82) is 0 Å². The Labute approximate surface area is 106 Å². The molecule has 0 aliphatic carbocycles. The quantitative estimate of drug-likeness (QED) is 0.493. The minimum absolute atomic E-state index is 0.159. The van der Waals surface area contributed by atoms with Crippen molar-refractivity contribution in [3.63, 3.8) is 0 Å². The zero-order valence-electron chi connectivity index (χ0n) is 10.5. The van der Waals surface area contributed by atoms with Crippen LogP contribution in [-0.4, -0.2) is 22.5 Å². The van der Waals surface area contributed by atoms with Gasteiger partial charge in [0, 0.05) is 0 Å². The third-order valence-corrected chi connectivity index (χ3v) is 1.77. The van der Waals surface area contributed by atoms with Crippen LogP contribution >= 0.6 is 0 Å². The van der Waals surface area contributed by atoms with E-state index in [1.165, 1.54) is 18.3 Å². The SMILES string of the molecule is C#CC(=O)c1ccc(NC(=O)OC(C)(C)C)cn1. The van der Waals surface area contributed by atoms with Crippen LogP contribution in [0.2, 0.25) is 0 Å². The number of ketones is 1. The van der Waals surface area contributed by atoms with Gasteiger partial charge in [-0.25, -0.2) is 9.78 Å². The Kier molecular flexibility index (Phi) is 4.05. The van der Waals surface area contributed by atoms with Gasteiger partial charge in [0.05, 0.1) is 11.9 Å². The van der Waals surface area contributed by atoms with Crippen LogP contribution in [-0.2, 0) is 4.74 Å².